The maximum absolute atomic E-state index is 13.1. The number of carbonyl (C=O) groups excluding carboxylic acids is 1. The molecular weight excluding hydrogens is 434 g/mol. The molecule has 7 heteroatoms. The van der Waals surface area contributed by atoms with Crippen molar-refractivity contribution in [3.63, 3.8) is 0 Å². The third-order valence-electron chi connectivity index (χ3n) is 4.98. The van der Waals surface area contributed by atoms with E-state index in [0.29, 0.717) is 12.3 Å². The van der Waals surface area contributed by atoms with Gasteiger partial charge in [-0.2, -0.15) is 0 Å². The molecule has 1 amide bonds. The Kier molecular flexibility index (Phi) is 9.16. The predicted molar refractivity (Wildman–Crippen MR) is 134 cm³/mol. The molecule has 162 valence electrons. The number of thioether (sulfide) groups is 1. The summed E-state index contributed by atoms with van der Waals surface area (Å²) in [5, 5.41) is 0.807. The molecule has 1 aromatic heterocycles. The van der Waals surface area contributed by atoms with E-state index < -0.39 is 0 Å². The minimum atomic E-state index is 0. The van der Waals surface area contributed by atoms with Crippen LogP contribution in [0, 0.1) is 20.8 Å². The molecule has 1 heterocycles. The highest BCUT2D eigenvalue weighted by Gasteiger charge is 2.20. The van der Waals surface area contributed by atoms with Crippen LogP contribution in [0.5, 0.6) is 0 Å². The van der Waals surface area contributed by atoms with E-state index in [0.717, 1.165) is 33.2 Å². The summed E-state index contributed by atoms with van der Waals surface area (Å²) in [5.74, 6) is 0.529. The predicted octanol–water partition coefficient (Wildman–Crippen LogP) is 5.72. The van der Waals surface area contributed by atoms with Gasteiger partial charge in [-0.1, -0.05) is 35.1 Å². The lowest BCUT2D eigenvalue weighted by Gasteiger charge is -2.21. The van der Waals surface area contributed by atoms with Crippen molar-refractivity contribution in [2.24, 2.45) is 0 Å². The summed E-state index contributed by atoms with van der Waals surface area (Å²) in [6.07, 6.45) is 0.919. The van der Waals surface area contributed by atoms with Crippen LogP contribution in [0.3, 0.4) is 0 Å². The van der Waals surface area contributed by atoms with Crippen molar-refractivity contribution in [3.05, 3.63) is 53.1 Å². The van der Waals surface area contributed by atoms with Crippen molar-refractivity contribution in [2.75, 3.05) is 37.8 Å². The molecule has 0 unspecified atom stereocenters. The minimum Gasteiger partial charge on any atom is -0.309 e. The molecule has 3 aromatic rings. The van der Waals surface area contributed by atoms with Crippen LogP contribution in [-0.4, -0.2) is 48.7 Å². The van der Waals surface area contributed by atoms with Gasteiger partial charge >= 0.3 is 0 Å². The van der Waals surface area contributed by atoms with Gasteiger partial charge in [0.15, 0.2) is 5.13 Å². The normalized spacial score (nSPS) is 11.0. The van der Waals surface area contributed by atoms with E-state index in [1.54, 1.807) is 23.1 Å². The van der Waals surface area contributed by atoms with Gasteiger partial charge in [0.25, 0.3) is 0 Å². The largest absolute Gasteiger partial charge is 0.309 e. The number of anilines is 1. The smallest absolute Gasteiger partial charge is 0.239 e. The molecule has 30 heavy (non-hydrogen) atoms. The molecule has 0 bridgehead atoms. The first-order chi connectivity index (χ1) is 13.8. The van der Waals surface area contributed by atoms with Crippen molar-refractivity contribution < 1.29 is 4.79 Å². The van der Waals surface area contributed by atoms with Crippen molar-refractivity contribution in [2.45, 2.75) is 32.1 Å². The number of nitrogens with zero attached hydrogens (tertiary/aromatic N) is 3. The molecule has 0 radical (unpaired) electrons. The molecule has 0 atom stereocenters. The van der Waals surface area contributed by atoms with Crippen molar-refractivity contribution in [1.29, 1.82) is 0 Å². The summed E-state index contributed by atoms with van der Waals surface area (Å²) in [5.41, 5.74) is 4.67. The summed E-state index contributed by atoms with van der Waals surface area (Å²) < 4.78 is 1.14. The second-order valence-electron chi connectivity index (χ2n) is 7.65. The lowest BCUT2D eigenvalue weighted by molar-refractivity contribution is -0.116. The van der Waals surface area contributed by atoms with Gasteiger partial charge in [0.1, 0.15) is 0 Å². The van der Waals surface area contributed by atoms with Gasteiger partial charge in [-0.05, 0) is 77.2 Å². The first kappa shape index (κ1) is 24.7. The van der Waals surface area contributed by atoms with Crippen LogP contribution in [0.2, 0.25) is 0 Å². The average Bonchev–Trinajstić information content (AvgIpc) is 3.12. The number of amides is 1. The van der Waals surface area contributed by atoms with Crippen LogP contribution in [0.4, 0.5) is 5.13 Å². The fourth-order valence-corrected chi connectivity index (χ4v) is 4.90. The Morgan fingerprint density at radius 1 is 1.03 bits per heavy atom. The van der Waals surface area contributed by atoms with E-state index in [1.165, 1.54) is 16.7 Å². The van der Waals surface area contributed by atoms with Gasteiger partial charge in [0, 0.05) is 11.4 Å². The van der Waals surface area contributed by atoms with E-state index in [9.17, 15) is 4.79 Å². The molecule has 0 spiro atoms. The third-order valence-corrected chi connectivity index (χ3v) is 7.02. The highest BCUT2D eigenvalue weighted by molar-refractivity contribution is 8.00. The van der Waals surface area contributed by atoms with Crippen molar-refractivity contribution in [3.8, 4) is 0 Å². The summed E-state index contributed by atoms with van der Waals surface area (Å²) in [6.45, 7) is 7.91. The van der Waals surface area contributed by atoms with Crippen LogP contribution in [0.15, 0.2) is 41.3 Å². The Balaban J connectivity index is 0.00000320. The zero-order valence-corrected chi connectivity index (χ0v) is 20.7. The van der Waals surface area contributed by atoms with Crippen molar-refractivity contribution in [1.82, 2.24) is 9.88 Å². The van der Waals surface area contributed by atoms with E-state index >= 15 is 0 Å². The van der Waals surface area contributed by atoms with Crippen LogP contribution in [0.1, 0.15) is 23.1 Å². The second kappa shape index (κ2) is 11.1. The lowest BCUT2D eigenvalue weighted by Crippen LogP contribution is -2.34. The van der Waals surface area contributed by atoms with E-state index in [4.69, 9.17) is 4.98 Å². The van der Waals surface area contributed by atoms with Gasteiger partial charge in [-0.15, -0.1) is 24.2 Å². The molecule has 0 saturated heterocycles. The Labute approximate surface area is 194 Å². The molecule has 0 fully saturated rings. The van der Waals surface area contributed by atoms with Crippen LogP contribution in [0.25, 0.3) is 10.2 Å². The number of halogens is 1. The Morgan fingerprint density at radius 2 is 1.73 bits per heavy atom. The number of fused-ring (bicyclic) bond motifs is 1. The molecule has 0 N–H and O–H groups in total. The summed E-state index contributed by atoms with van der Waals surface area (Å²) in [7, 11) is 4.12. The Bertz CT molecular complexity index is 986. The molecule has 2 aromatic carbocycles. The zero-order valence-electron chi connectivity index (χ0n) is 18.3. The molecule has 3 rings (SSSR count). The topological polar surface area (TPSA) is 36.4 Å². The van der Waals surface area contributed by atoms with Crippen molar-refractivity contribution >= 4 is 56.8 Å². The summed E-state index contributed by atoms with van der Waals surface area (Å²) in [4.78, 5) is 23.2. The van der Waals surface area contributed by atoms with Crippen LogP contribution < -0.4 is 4.90 Å². The summed E-state index contributed by atoms with van der Waals surface area (Å²) >= 11 is 3.20. The molecule has 0 saturated carbocycles. The molecule has 0 aliphatic heterocycles. The molecule has 0 aliphatic carbocycles. The average molecular weight is 464 g/mol. The number of thiazole rings is 1. The minimum absolute atomic E-state index is 0. The van der Waals surface area contributed by atoms with E-state index in [-0.39, 0.29) is 18.3 Å². The molecule has 0 aliphatic rings. The lowest BCUT2D eigenvalue weighted by atomic mass is 10.1. The number of aryl methyl sites for hydroxylation is 3. The first-order valence-corrected chi connectivity index (χ1v) is 11.7. The van der Waals surface area contributed by atoms with Gasteiger partial charge in [0.05, 0.1) is 16.0 Å². The van der Waals surface area contributed by atoms with Crippen LogP contribution >= 0.6 is 35.5 Å². The third kappa shape index (κ3) is 6.20. The maximum atomic E-state index is 13.1. The zero-order chi connectivity index (χ0) is 21.0. The Morgan fingerprint density at radius 3 is 2.40 bits per heavy atom. The van der Waals surface area contributed by atoms with Gasteiger partial charge in [-0.3, -0.25) is 9.69 Å². The summed E-state index contributed by atoms with van der Waals surface area (Å²) in [6, 6.07) is 12.6. The molecular formula is C23H30ClN3OS2. The first-order valence-electron chi connectivity index (χ1n) is 9.86. The van der Waals surface area contributed by atoms with E-state index in [1.807, 2.05) is 4.90 Å². The monoisotopic (exact) mass is 463 g/mol. The SMILES string of the molecule is Cc1ccc(SCC(=O)N(CCCN(C)C)c2nc3c(C)c(C)ccc3s2)cc1.Cl. The van der Waals surface area contributed by atoms with Gasteiger partial charge < -0.3 is 4.90 Å². The number of carbonyl (C=O) groups is 1. The quantitative estimate of drug-likeness (QED) is 0.400. The van der Waals surface area contributed by atoms with E-state index in [2.05, 4.69) is 76.2 Å². The number of hydrogen-bond donors (Lipinski definition) is 0. The van der Waals surface area contributed by atoms with Gasteiger partial charge in [-0.25, -0.2) is 4.98 Å². The number of benzene rings is 2. The molecule has 4 nitrogen and oxygen atoms in total. The fourth-order valence-electron chi connectivity index (χ4n) is 3.06. The number of aromatic nitrogens is 1. The maximum Gasteiger partial charge on any atom is 0.239 e. The highest BCUT2D eigenvalue weighted by atomic mass is 35.5. The second-order valence-corrected chi connectivity index (χ2v) is 9.71. The highest BCUT2D eigenvalue weighted by Crippen LogP contribution is 2.32. The van der Waals surface area contributed by atoms with Gasteiger partial charge in [0.2, 0.25) is 5.91 Å². The number of hydrogen-bond acceptors (Lipinski definition) is 5. The fraction of sp³-hybridized carbons (Fsp3) is 0.391. The standard InChI is InChI=1S/C23H29N3OS2.ClH/c1-16-7-10-19(11-8-16)28-15-21(27)26(14-6-13-25(4)5)23-24-22-18(3)17(2)9-12-20(22)29-23;/h7-12H,6,13-15H2,1-5H3;1H. The Hall–Kier alpha value is -1.60. The number of rotatable bonds is 8. The van der Waals surface area contributed by atoms with Crippen LogP contribution in [-0.2, 0) is 4.79 Å².